The van der Waals surface area contributed by atoms with Gasteiger partial charge in [0.05, 0.1) is 11.4 Å². The monoisotopic (exact) mass is 451 g/mol. The van der Waals surface area contributed by atoms with E-state index in [-0.39, 0.29) is 0 Å². The topological polar surface area (TPSA) is 87.8 Å². The zero-order valence-corrected chi connectivity index (χ0v) is 19.6. The quantitative estimate of drug-likeness (QED) is 0.399. The van der Waals surface area contributed by atoms with E-state index in [0.717, 1.165) is 23.4 Å². The molecule has 0 radical (unpaired) electrons. The van der Waals surface area contributed by atoms with Crippen molar-refractivity contribution in [3.63, 3.8) is 0 Å². The number of para-hydroxylation sites is 2. The van der Waals surface area contributed by atoms with Gasteiger partial charge in [0, 0.05) is 18.7 Å². The molecule has 7 heteroatoms. The summed E-state index contributed by atoms with van der Waals surface area (Å²) in [6.07, 6.45) is 5.17. The number of aromatic nitrogens is 1. The largest absolute Gasteiger partial charge is 0.479 e. The predicted molar refractivity (Wildman–Crippen MR) is 131 cm³/mol. The Bertz CT molecular complexity index is 1060. The summed E-state index contributed by atoms with van der Waals surface area (Å²) in [7, 11) is 0. The van der Waals surface area contributed by atoms with Gasteiger partial charge in [-0.05, 0) is 49.9 Å². The Labute approximate surface area is 194 Å². The number of rotatable bonds is 9. The maximum Gasteiger partial charge on any atom is 0.344 e. The molecular weight excluding hydrogens is 418 g/mol. The lowest BCUT2D eigenvalue weighted by atomic mass is 9.93. The molecule has 7 nitrogen and oxygen atoms in total. The number of benzene rings is 2. The number of carbonyl (C=O) groups is 1. The Balaban J connectivity index is 1.72. The molecule has 1 aliphatic carbocycles. The first-order chi connectivity index (χ1) is 15.9. The van der Waals surface area contributed by atoms with Gasteiger partial charge in [-0.25, -0.2) is 4.79 Å². The molecule has 3 aromatic rings. The fourth-order valence-electron chi connectivity index (χ4n) is 4.46. The van der Waals surface area contributed by atoms with Crippen LogP contribution in [0.25, 0.3) is 11.1 Å². The van der Waals surface area contributed by atoms with Crippen molar-refractivity contribution in [2.24, 2.45) is 5.92 Å². The van der Waals surface area contributed by atoms with Crippen molar-refractivity contribution in [3.05, 3.63) is 42.5 Å². The summed E-state index contributed by atoms with van der Waals surface area (Å²) in [5.74, 6) is -0.0244. The van der Waals surface area contributed by atoms with Crippen LogP contribution >= 0.6 is 0 Å². The minimum atomic E-state index is -1.00. The van der Waals surface area contributed by atoms with Crippen LogP contribution in [-0.4, -0.2) is 34.8 Å². The molecule has 1 unspecified atom stereocenters. The number of hydrogen-bond donors (Lipinski definition) is 2. The van der Waals surface area contributed by atoms with Gasteiger partial charge >= 0.3 is 5.97 Å². The number of oxazole rings is 1. The van der Waals surface area contributed by atoms with Crippen molar-refractivity contribution in [1.29, 1.82) is 0 Å². The lowest BCUT2D eigenvalue weighted by Gasteiger charge is -2.38. The molecule has 1 aromatic heterocycles. The van der Waals surface area contributed by atoms with Crippen LogP contribution in [0.15, 0.2) is 46.9 Å². The first-order valence-electron chi connectivity index (χ1n) is 11.8. The van der Waals surface area contributed by atoms with Crippen LogP contribution in [0.5, 0.6) is 5.75 Å². The van der Waals surface area contributed by atoms with Gasteiger partial charge in [0.25, 0.3) is 6.01 Å². The van der Waals surface area contributed by atoms with Crippen LogP contribution in [0.2, 0.25) is 0 Å². The summed E-state index contributed by atoms with van der Waals surface area (Å²) >= 11 is 0. The van der Waals surface area contributed by atoms with Crippen LogP contribution in [0.1, 0.15) is 52.9 Å². The van der Waals surface area contributed by atoms with Gasteiger partial charge in [-0.3, -0.25) is 0 Å². The highest BCUT2D eigenvalue weighted by atomic mass is 16.5. The van der Waals surface area contributed by atoms with Crippen molar-refractivity contribution in [2.45, 2.75) is 65.0 Å². The van der Waals surface area contributed by atoms with Crippen molar-refractivity contribution in [2.75, 3.05) is 16.8 Å². The van der Waals surface area contributed by atoms with E-state index in [9.17, 15) is 9.90 Å². The third-order valence-electron chi connectivity index (χ3n) is 6.05. The number of carboxylic acids is 1. The Kier molecular flexibility index (Phi) is 7.06. The van der Waals surface area contributed by atoms with Gasteiger partial charge in [0.2, 0.25) is 0 Å². The Morgan fingerprint density at radius 1 is 1.18 bits per heavy atom. The lowest BCUT2D eigenvalue weighted by Crippen LogP contribution is -2.39. The standard InChI is InChI=1S/C26H33N3O4/c1-17(2)16-29(19-9-5-4-6-10-19)23-14-13-20(32-18(3)25(30)31)15-22(23)28-26-27-21-11-7-8-12-24(21)33-26/h7-8,11-15,17-19H,4-6,9-10,16H2,1-3H3,(H,27,28)(H,30,31). The fourth-order valence-corrected chi connectivity index (χ4v) is 4.46. The van der Waals surface area contributed by atoms with Gasteiger partial charge in [-0.1, -0.05) is 45.2 Å². The molecule has 4 rings (SSSR count). The van der Waals surface area contributed by atoms with E-state index in [1.165, 1.54) is 39.0 Å². The molecule has 0 amide bonds. The predicted octanol–water partition coefficient (Wildman–Crippen LogP) is 6.22. The number of hydrogen-bond acceptors (Lipinski definition) is 6. The van der Waals surface area contributed by atoms with E-state index < -0.39 is 12.1 Å². The second kappa shape index (κ2) is 10.1. The van der Waals surface area contributed by atoms with Gasteiger partial charge in [-0.2, -0.15) is 4.98 Å². The SMILES string of the molecule is CC(C)CN(c1ccc(OC(C)C(=O)O)cc1Nc1nc2ccccc2o1)C1CCCCC1. The summed E-state index contributed by atoms with van der Waals surface area (Å²) in [4.78, 5) is 18.4. The van der Waals surface area contributed by atoms with E-state index in [4.69, 9.17) is 9.15 Å². The van der Waals surface area contributed by atoms with Crippen LogP contribution in [0, 0.1) is 5.92 Å². The molecule has 0 aliphatic heterocycles. The van der Waals surface area contributed by atoms with Gasteiger partial charge in [0.15, 0.2) is 11.7 Å². The molecule has 2 aromatic carbocycles. The van der Waals surface area contributed by atoms with Crippen LogP contribution in [0.4, 0.5) is 17.4 Å². The molecule has 2 N–H and O–H groups in total. The molecule has 1 atom stereocenters. The molecule has 0 bridgehead atoms. The summed E-state index contributed by atoms with van der Waals surface area (Å²) in [5.41, 5.74) is 3.33. The number of carboxylic acid groups (broad SMARTS) is 1. The zero-order valence-electron chi connectivity index (χ0n) is 19.6. The molecule has 1 saturated carbocycles. The maximum atomic E-state index is 11.3. The molecule has 1 heterocycles. The van der Waals surface area contributed by atoms with Crippen molar-refractivity contribution in [1.82, 2.24) is 4.98 Å². The minimum Gasteiger partial charge on any atom is -0.479 e. The zero-order chi connectivity index (χ0) is 23.4. The normalized spacial score (nSPS) is 15.5. The number of aliphatic carboxylic acids is 1. The van der Waals surface area contributed by atoms with Gasteiger partial charge < -0.3 is 24.5 Å². The van der Waals surface area contributed by atoms with E-state index >= 15 is 0 Å². The van der Waals surface area contributed by atoms with E-state index in [0.29, 0.717) is 29.3 Å². The highest BCUT2D eigenvalue weighted by Gasteiger charge is 2.25. The molecule has 0 spiro atoms. The second-order valence-electron chi connectivity index (χ2n) is 9.23. The Hall–Kier alpha value is -3.22. The van der Waals surface area contributed by atoms with Crippen molar-refractivity contribution < 1.29 is 19.1 Å². The summed E-state index contributed by atoms with van der Waals surface area (Å²) in [6, 6.07) is 14.2. The number of anilines is 3. The second-order valence-corrected chi connectivity index (χ2v) is 9.23. The van der Waals surface area contributed by atoms with Crippen LogP contribution in [-0.2, 0) is 4.79 Å². The molecular formula is C26H33N3O4. The number of nitrogens with one attached hydrogen (secondary N) is 1. The first kappa shape index (κ1) is 23.0. The minimum absolute atomic E-state index is 0.397. The van der Waals surface area contributed by atoms with Crippen LogP contribution in [0.3, 0.4) is 0 Å². The number of nitrogens with zero attached hydrogens (tertiary/aromatic N) is 2. The molecule has 33 heavy (non-hydrogen) atoms. The van der Waals surface area contributed by atoms with Gasteiger partial charge in [0.1, 0.15) is 11.3 Å². The van der Waals surface area contributed by atoms with E-state index in [1.54, 1.807) is 0 Å². The summed E-state index contributed by atoms with van der Waals surface area (Å²) in [5, 5.41) is 12.6. The average Bonchev–Trinajstić information content (AvgIpc) is 3.20. The van der Waals surface area contributed by atoms with Crippen molar-refractivity contribution in [3.8, 4) is 5.75 Å². The Morgan fingerprint density at radius 3 is 2.64 bits per heavy atom. The highest BCUT2D eigenvalue weighted by Crippen LogP contribution is 2.37. The number of ether oxygens (including phenoxy) is 1. The number of fused-ring (bicyclic) bond motifs is 1. The highest BCUT2D eigenvalue weighted by molar-refractivity contribution is 5.79. The lowest BCUT2D eigenvalue weighted by molar-refractivity contribution is -0.144. The molecule has 176 valence electrons. The summed E-state index contributed by atoms with van der Waals surface area (Å²) in [6.45, 7) is 6.92. The maximum absolute atomic E-state index is 11.3. The van der Waals surface area contributed by atoms with E-state index in [1.807, 2.05) is 42.5 Å². The first-order valence-corrected chi connectivity index (χ1v) is 11.8. The average molecular weight is 452 g/mol. The summed E-state index contributed by atoms with van der Waals surface area (Å²) < 4.78 is 11.6. The molecule has 0 saturated heterocycles. The Morgan fingerprint density at radius 2 is 1.94 bits per heavy atom. The smallest absolute Gasteiger partial charge is 0.344 e. The van der Waals surface area contributed by atoms with Gasteiger partial charge in [-0.15, -0.1) is 0 Å². The third kappa shape index (κ3) is 5.59. The third-order valence-corrected chi connectivity index (χ3v) is 6.05. The molecule has 1 aliphatic rings. The van der Waals surface area contributed by atoms with E-state index in [2.05, 4.69) is 29.0 Å². The van der Waals surface area contributed by atoms with Crippen molar-refractivity contribution >= 4 is 34.5 Å². The molecule has 1 fully saturated rings. The van der Waals surface area contributed by atoms with Crippen LogP contribution < -0.4 is 15.0 Å². The fraction of sp³-hybridized carbons (Fsp3) is 0.462.